The fourth-order valence-corrected chi connectivity index (χ4v) is 2.39. The largest absolute Gasteiger partial charge is 0.396 e. The summed E-state index contributed by atoms with van der Waals surface area (Å²) in [5.74, 6) is -2.43. The molecule has 1 aromatic carbocycles. The lowest BCUT2D eigenvalue weighted by molar-refractivity contribution is 0.0935. The summed E-state index contributed by atoms with van der Waals surface area (Å²) in [5, 5.41) is 13.6. The summed E-state index contributed by atoms with van der Waals surface area (Å²) in [6.07, 6.45) is 0.338. The van der Waals surface area contributed by atoms with Crippen molar-refractivity contribution in [3.05, 3.63) is 52.0 Å². The first-order valence-electron chi connectivity index (χ1n) is 6.31. The number of nitrogens with zero attached hydrogens (tertiary/aromatic N) is 1. The van der Waals surface area contributed by atoms with Gasteiger partial charge in [-0.15, -0.1) is 11.3 Å². The van der Waals surface area contributed by atoms with Crippen molar-refractivity contribution >= 4 is 17.2 Å². The smallest absolute Gasteiger partial charge is 0.270 e. The van der Waals surface area contributed by atoms with Gasteiger partial charge >= 0.3 is 0 Å². The number of carbonyl (C=O) groups is 1. The molecular formula is C14H14F2N2O2S. The van der Waals surface area contributed by atoms with Crippen molar-refractivity contribution in [1.82, 2.24) is 10.3 Å². The first-order valence-corrected chi connectivity index (χ1v) is 7.25. The third kappa shape index (κ3) is 4.30. The number of hydrogen-bond acceptors (Lipinski definition) is 4. The zero-order valence-corrected chi connectivity index (χ0v) is 11.9. The van der Waals surface area contributed by atoms with Gasteiger partial charge in [0, 0.05) is 24.4 Å². The summed E-state index contributed by atoms with van der Waals surface area (Å²) in [7, 11) is 0. The minimum absolute atomic E-state index is 0.170. The van der Waals surface area contributed by atoms with Crippen molar-refractivity contribution in [1.29, 1.82) is 0 Å². The van der Waals surface area contributed by atoms with Crippen LogP contribution in [0.15, 0.2) is 29.1 Å². The van der Waals surface area contributed by atoms with Crippen molar-refractivity contribution in [3.63, 3.8) is 0 Å². The minimum Gasteiger partial charge on any atom is -0.396 e. The average molecular weight is 312 g/mol. The Kier molecular flexibility index (Phi) is 5.35. The van der Waals surface area contributed by atoms with Gasteiger partial charge in [-0.3, -0.25) is 4.79 Å². The number of rotatable bonds is 6. The van der Waals surface area contributed by atoms with E-state index in [1.54, 1.807) is 10.9 Å². The summed E-state index contributed by atoms with van der Waals surface area (Å²) in [6.45, 7) is 0.0577. The van der Waals surface area contributed by atoms with E-state index in [4.69, 9.17) is 0 Å². The summed E-state index contributed by atoms with van der Waals surface area (Å²) in [5.41, 5.74) is 2.44. The monoisotopic (exact) mass is 312 g/mol. The highest BCUT2D eigenvalue weighted by atomic mass is 32.1. The average Bonchev–Trinajstić information content (AvgIpc) is 3.01. The van der Waals surface area contributed by atoms with Crippen LogP contribution < -0.4 is 5.32 Å². The van der Waals surface area contributed by atoms with E-state index >= 15 is 0 Å². The predicted octanol–water partition coefficient (Wildman–Crippen LogP) is 2.00. The molecule has 2 rings (SSSR count). The Morgan fingerprint density at radius 3 is 2.81 bits per heavy atom. The van der Waals surface area contributed by atoms with Crippen LogP contribution >= 0.6 is 11.3 Å². The second-order valence-electron chi connectivity index (χ2n) is 4.58. The van der Waals surface area contributed by atoms with Gasteiger partial charge in [-0.25, -0.2) is 13.8 Å². The van der Waals surface area contributed by atoms with Crippen LogP contribution in [0.5, 0.6) is 0 Å². The molecule has 7 heteroatoms. The van der Waals surface area contributed by atoms with Crippen LogP contribution in [0.3, 0.4) is 0 Å². The van der Waals surface area contributed by atoms with Crippen LogP contribution in [0.25, 0.3) is 0 Å². The van der Waals surface area contributed by atoms with E-state index in [0.29, 0.717) is 17.7 Å². The number of aromatic nitrogens is 1. The molecule has 0 saturated carbocycles. The molecule has 1 aromatic heterocycles. The third-order valence-electron chi connectivity index (χ3n) is 2.98. The molecule has 1 unspecified atom stereocenters. The SMILES string of the molecule is O=C(NCC(CO)Cc1ccc(F)c(F)c1)c1cscn1. The Hall–Kier alpha value is -1.86. The molecule has 1 heterocycles. The van der Waals surface area contributed by atoms with Crippen LogP contribution in [0.1, 0.15) is 16.1 Å². The number of nitrogens with one attached hydrogen (secondary N) is 1. The Morgan fingerprint density at radius 1 is 1.38 bits per heavy atom. The number of amides is 1. The maximum absolute atomic E-state index is 13.1. The van der Waals surface area contributed by atoms with Gasteiger partial charge in [-0.1, -0.05) is 6.07 Å². The van der Waals surface area contributed by atoms with Crippen molar-refractivity contribution in [2.45, 2.75) is 6.42 Å². The highest BCUT2D eigenvalue weighted by Gasteiger charge is 2.14. The Morgan fingerprint density at radius 2 is 2.19 bits per heavy atom. The van der Waals surface area contributed by atoms with E-state index in [9.17, 15) is 18.7 Å². The van der Waals surface area contributed by atoms with Crippen LogP contribution in [0, 0.1) is 17.6 Å². The van der Waals surface area contributed by atoms with E-state index in [-0.39, 0.29) is 25.0 Å². The van der Waals surface area contributed by atoms with E-state index in [0.717, 1.165) is 12.1 Å². The second kappa shape index (κ2) is 7.24. The number of aliphatic hydroxyl groups is 1. The number of carbonyl (C=O) groups excluding carboxylic acids is 1. The fourth-order valence-electron chi connectivity index (χ4n) is 1.85. The normalized spacial score (nSPS) is 12.1. The van der Waals surface area contributed by atoms with Crippen molar-refractivity contribution in [2.75, 3.05) is 13.2 Å². The number of halogens is 2. The number of hydrogen-bond donors (Lipinski definition) is 2. The van der Waals surface area contributed by atoms with Gasteiger partial charge in [0.25, 0.3) is 5.91 Å². The summed E-state index contributed by atoms with van der Waals surface area (Å²) < 4.78 is 26.0. The Labute approximate surface area is 124 Å². The molecule has 0 aliphatic carbocycles. The number of aliphatic hydroxyl groups excluding tert-OH is 1. The topological polar surface area (TPSA) is 62.2 Å². The van der Waals surface area contributed by atoms with Crippen LogP contribution in [0.4, 0.5) is 8.78 Å². The lowest BCUT2D eigenvalue weighted by Gasteiger charge is -2.15. The summed E-state index contributed by atoms with van der Waals surface area (Å²) in [4.78, 5) is 15.6. The van der Waals surface area contributed by atoms with Gasteiger partial charge in [-0.05, 0) is 24.1 Å². The molecule has 2 N–H and O–H groups in total. The zero-order chi connectivity index (χ0) is 15.2. The first-order chi connectivity index (χ1) is 10.1. The van der Waals surface area contributed by atoms with Crippen molar-refractivity contribution in [2.24, 2.45) is 5.92 Å². The fraction of sp³-hybridized carbons (Fsp3) is 0.286. The van der Waals surface area contributed by atoms with Gasteiger partial charge in [0.1, 0.15) is 5.69 Å². The first kappa shape index (κ1) is 15.5. The van der Waals surface area contributed by atoms with Gasteiger partial charge < -0.3 is 10.4 Å². The molecular weight excluding hydrogens is 298 g/mol. The molecule has 0 fully saturated rings. The lowest BCUT2D eigenvalue weighted by Crippen LogP contribution is -2.32. The molecule has 0 aliphatic heterocycles. The maximum Gasteiger partial charge on any atom is 0.270 e. The van der Waals surface area contributed by atoms with Crippen molar-refractivity contribution in [3.8, 4) is 0 Å². The van der Waals surface area contributed by atoms with E-state index in [1.807, 2.05) is 0 Å². The second-order valence-corrected chi connectivity index (χ2v) is 5.30. The Balaban J connectivity index is 1.91. The number of benzene rings is 1. The molecule has 21 heavy (non-hydrogen) atoms. The van der Waals surface area contributed by atoms with Gasteiger partial charge in [0.05, 0.1) is 5.51 Å². The summed E-state index contributed by atoms with van der Waals surface area (Å²) in [6, 6.07) is 3.61. The van der Waals surface area contributed by atoms with Crippen LogP contribution in [-0.4, -0.2) is 29.1 Å². The third-order valence-corrected chi connectivity index (χ3v) is 3.57. The quantitative estimate of drug-likeness (QED) is 0.857. The highest BCUT2D eigenvalue weighted by molar-refractivity contribution is 7.07. The van der Waals surface area contributed by atoms with E-state index < -0.39 is 11.6 Å². The van der Waals surface area contributed by atoms with E-state index in [1.165, 1.54) is 17.4 Å². The molecule has 112 valence electrons. The standard InChI is InChI=1S/C14H14F2N2O2S/c15-11-2-1-9(4-12(11)16)3-10(6-19)5-17-14(20)13-7-21-8-18-13/h1-2,4,7-8,10,19H,3,5-6H2,(H,17,20). The number of thiazole rings is 1. The van der Waals surface area contributed by atoms with E-state index in [2.05, 4.69) is 10.3 Å². The minimum atomic E-state index is -0.921. The predicted molar refractivity (Wildman–Crippen MR) is 75.1 cm³/mol. The molecule has 1 atom stereocenters. The molecule has 4 nitrogen and oxygen atoms in total. The molecule has 0 aliphatic rings. The molecule has 0 saturated heterocycles. The van der Waals surface area contributed by atoms with Gasteiger partial charge in [0.15, 0.2) is 11.6 Å². The molecule has 0 radical (unpaired) electrons. The van der Waals surface area contributed by atoms with Crippen LogP contribution in [-0.2, 0) is 6.42 Å². The zero-order valence-electron chi connectivity index (χ0n) is 11.1. The van der Waals surface area contributed by atoms with Gasteiger partial charge in [0.2, 0.25) is 0 Å². The lowest BCUT2D eigenvalue weighted by atomic mass is 10.00. The van der Waals surface area contributed by atoms with Crippen molar-refractivity contribution < 1.29 is 18.7 Å². The summed E-state index contributed by atoms with van der Waals surface area (Å²) >= 11 is 1.31. The Bertz CT molecular complexity index is 605. The molecule has 1 amide bonds. The molecule has 0 spiro atoms. The highest BCUT2D eigenvalue weighted by Crippen LogP contribution is 2.13. The van der Waals surface area contributed by atoms with Gasteiger partial charge in [-0.2, -0.15) is 0 Å². The van der Waals surface area contributed by atoms with Crippen LogP contribution in [0.2, 0.25) is 0 Å². The maximum atomic E-state index is 13.1. The molecule has 2 aromatic rings. The molecule has 0 bridgehead atoms.